The molecule has 4 heteroatoms. The highest BCUT2D eigenvalue weighted by molar-refractivity contribution is 5.72. The summed E-state index contributed by atoms with van der Waals surface area (Å²) in [5.41, 5.74) is 8.62. The third kappa shape index (κ3) is 3.23. The Morgan fingerprint density at radius 3 is 2.58 bits per heavy atom. The van der Waals surface area contributed by atoms with Gasteiger partial charge in [0.15, 0.2) is 0 Å². The molecule has 0 bridgehead atoms. The van der Waals surface area contributed by atoms with Crippen LogP contribution in [0.1, 0.15) is 5.69 Å². The van der Waals surface area contributed by atoms with E-state index in [-0.39, 0.29) is 0 Å². The van der Waals surface area contributed by atoms with Gasteiger partial charge in [-0.25, -0.2) is 4.98 Å². The quantitative estimate of drug-likeness (QED) is 0.838. The summed E-state index contributed by atoms with van der Waals surface area (Å²) in [6.45, 7) is 3.03. The van der Waals surface area contributed by atoms with Gasteiger partial charge in [-0.2, -0.15) is 0 Å². The zero-order chi connectivity index (χ0) is 13.7. The highest BCUT2D eigenvalue weighted by Gasteiger charge is 2.09. The molecule has 2 rings (SSSR count). The lowest BCUT2D eigenvalue weighted by Crippen LogP contribution is -2.05. The van der Waals surface area contributed by atoms with Crippen molar-refractivity contribution in [2.45, 2.75) is 6.92 Å². The maximum Gasteiger partial charge on any atom is 0.127 e. The van der Waals surface area contributed by atoms with Crippen molar-refractivity contribution in [3.05, 3.63) is 42.1 Å². The Labute approximate surface area is 113 Å². The molecule has 1 aromatic heterocycles. The summed E-state index contributed by atoms with van der Waals surface area (Å²) in [5.74, 6) is 1.35. The summed E-state index contributed by atoms with van der Waals surface area (Å²) in [6, 6.07) is 11.7. The number of nitrogens with two attached hydrogens (primary N) is 1. The lowest BCUT2D eigenvalue weighted by molar-refractivity contribution is 0.146. The normalized spacial score (nSPS) is 10.4. The first kappa shape index (κ1) is 13.4. The van der Waals surface area contributed by atoms with Crippen molar-refractivity contribution in [3.63, 3.8) is 0 Å². The summed E-state index contributed by atoms with van der Waals surface area (Å²) in [7, 11) is 1.66. The fraction of sp³-hybridized carbons (Fsp3) is 0.267. The predicted molar refractivity (Wildman–Crippen MR) is 76.2 cm³/mol. The van der Waals surface area contributed by atoms with Gasteiger partial charge in [-0.05, 0) is 25.1 Å². The molecule has 0 radical (unpaired) electrons. The maximum atomic E-state index is 5.73. The maximum absolute atomic E-state index is 5.73. The van der Waals surface area contributed by atoms with Crippen LogP contribution in [0.3, 0.4) is 0 Å². The minimum Gasteiger partial charge on any atom is -0.491 e. The molecule has 2 aromatic rings. The van der Waals surface area contributed by atoms with E-state index in [1.54, 1.807) is 13.2 Å². The molecule has 100 valence electrons. The fourth-order valence-electron chi connectivity index (χ4n) is 1.92. The van der Waals surface area contributed by atoms with Crippen LogP contribution < -0.4 is 10.5 Å². The standard InChI is InChI=1S/C15H18N2O2/c1-11-12(7-8-15(16)17-11)13-5-3-4-6-14(13)19-10-9-18-2/h3-8H,9-10H2,1-2H3,(H2,16,17). The largest absolute Gasteiger partial charge is 0.491 e. The van der Waals surface area contributed by atoms with Crippen LogP contribution in [0, 0.1) is 6.92 Å². The third-order valence-corrected chi connectivity index (χ3v) is 2.83. The smallest absolute Gasteiger partial charge is 0.127 e. The molecule has 0 spiro atoms. The van der Waals surface area contributed by atoms with E-state index in [4.69, 9.17) is 15.2 Å². The average molecular weight is 258 g/mol. The predicted octanol–water partition coefficient (Wildman–Crippen LogP) is 2.66. The molecule has 0 saturated carbocycles. The van der Waals surface area contributed by atoms with Crippen molar-refractivity contribution in [2.75, 3.05) is 26.1 Å². The van der Waals surface area contributed by atoms with E-state index < -0.39 is 0 Å². The third-order valence-electron chi connectivity index (χ3n) is 2.83. The van der Waals surface area contributed by atoms with E-state index in [0.29, 0.717) is 19.0 Å². The Hall–Kier alpha value is -2.07. The summed E-state index contributed by atoms with van der Waals surface area (Å²) >= 11 is 0. The lowest BCUT2D eigenvalue weighted by atomic mass is 10.0. The van der Waals surface area contributed by atoms with E-state index in [9.17, 15) is 0 Å². The lowest BCUT2D eigenvalue weighted by Gasteiger charge is -2.13. The van der Waals surface area contributed by atoms with Crippen LogP contribution in [-0.4, -0.2) is 25.3 Å². The number of hydrogen-bond donors (Lipinski definition) is 1. The Morgan fingerprint density at radius 2 is 1.84 bits per heavy atom. The van der Waals surface area contributed by atoms with Gasteiger partial charge in [0.05, 0.1) is 6.61 Å². The first-order valence-electron chi connectivity index (χ1n) is 6.16. The molecule has 0 amide bonds. The van der Waals surface area contributed by atoms with Gasteiger partial charge in [-0.1, -0.05) is 18.2 Å². The molecule has 0 aliphatic rings. The van der Waals surface area contributed by atoms with Crippen LogP contribution in [0.15, 0.2) is 36.4 Å². The van der Waals surface area contributed by atoms with Crippen molar-refractivity contribution < 1.29 is 9.47 Å². The van der Waals surface area contributed by atoms with E-state index in [1.807, 2.05) is 37.3 Å². The van der Waals surface area contributed by atoms with Gasteiger partial charge in [0.25, 0.3) is 0 Å². The van der Waals surface area contributed by atoms with Gasteiger partial charge >= 0.3 is 0 Å². The second kappa shape index (κ2) is 6.20. The molecule has 19 heavy (non-hydrogen) atoms. The Balaban J connectivity index is 2.33. The van der Waals surface area contributed by atoms with Gasteiger partial charge in [0, 0.05) is 23.9 Å². The first-order valence-corrected chi connectivity index (χ1v) is 6.16. The van der Waals surface area contributed by atoms with Crippen LogP contribution in [0.25, 0.3) is 11.1 Å². The molecular weight excluding hydrogens is 240 g/mol. The summed E-state index contributed by atoms with van der Waals surface area (Å²) < 4.78 is 10.7. The molecule has 1 heterocycles. The number of benzene rings is 1. The first-order chi connectivity index (χ1) is 9.22. The van der Waals surface area contributed by atoms with Crippen molar-refractivity contribution in [3.8, 4) is 16.9 Å². The van der Waals surface area contributed by atoms with E-state index in [2.05, 4.69) is 4.98 Å². The molecule has 0 unspecified atom stereocenters. The topological polar surface area (TPSA) is 57.4 Å². The fourth-order valence-corrected chi connectivity index (χ4v) is 1.92. The number of pyridine rings is 1. The second-order valence-corrected chi connectivity index (χ2v) is 4.21. The van der Waals surface area contributed by atoms with Gasteiger partial charge in [0.2, 0.25) is 0 Å². The summed E-state index contributed by atoms with van der Waals surface area (Å²) in [4.78, 5) is 4.29. The molecule has 4 nitrogen and oxygen atoms in total. The van der Waals surface area contributed by atoms with E-state index >= 15 is 0 Å². The van der Waals surface area contributed by atoms with Crippen molar-refractivity contribution in [1.82, 2.24) is 4.98 Å². The molecule has 0 aliphatic heterocycles. The number of para-hydroxylation sites is 1. The number of nitrogens with zero attached hydrogens (tertiary/aromatic N) is 1. The number of methoxy groups -OCH3 is 1. The number of ether oxygens (including phenoxy) is 2. The molecule has 1 aromatic carbocycles. The van der Waals surface area contributed by atoms with Gasteiger partial charge in [-0.3, -0.25) is 0 Å². The SMILES string of the molecule is COCCOc1ccccc1-c1ccc(N)nc1C. The average Bonchev–Trinajstić information content (AvgIpc) is 2.40. The zero-order valence-corrected chi connectivity index (χ0v) is 11.2. The monoisotopic (exact) mass is 258 g/mol. The number of rotatable bonds is 5. The summed E-state index contributed by atoms with van der Waals surface area (Å²) in [5, 5.41) is 0. The minimum absolute atomic E-state index is 0.523. The number of aromatic nitrogens is 1. The van der Waals surface area contributed by atoms with Crippen molar-refractivity contribution in [2.24, 2.45) is 0 Å². The number of hydrogen-bond acceptors (Lipinski definition) is 4. The van der Waals surface area contributed by atoms with Crippen LogP contribution in [-0.2, 0) is 4.74 Å². The van der Waals surface area contributed by atoms with Crippen molar-refractivity contribution >= 4 is 5.82 Å². The summed E-state index contributed by atoms with van der Waals surface area (Å²) in [6.07, 6.45) is 0. The Bertz CT molecular complexity index is 556. The second-order valence-electron chi connectivity index (χ2n) is 4.21. The van der Waals surface area contributed by atoms with Gasteiger partial charge in [0.1, 0.15) is 18.2 Å². The molecule has 0 saturated heterocycles. The minimum atomic E-state index is 0.523. The Morgan fingerprint density at radius 1 is 1.05 bits per heavy atom. The molecule has 0 aliphatic carbocycles. The van der Waals surface area contributed by atoms with Crippen LogP contribution in [0.4, 0.5) is 5.82 Å². The number of nitrogen functional groups attached to an aromatic ring is 1. The Kier molecular flexibility index (Phi) is 4.36. The number of aryl methyl sites for hydroxylation is 1. The molecule has 0 fully saturated rings. The number of anilines is 1. The van der Waals surface area contributed by atoms with Crippen LogP contribution >= 0.6 is 0 Å². The highest BCUT2D eigenvalue weighted by atomic mass is 16.5. The van der Waals surface area contributed by atoms with E-state index in [1.165, 1.54) is 0 Å². The zero-order valence-electron chi connectivity index (χ0n) is 11.2. The molecule has 2 N–H and O–H groups in total. The van der Waals surface area contributed by atoms with Gasteiger partial charge in [-0.15, -0.1) is 0 Å². The molecule has 0 atom stereocenters. The van der Waals surface area contributed by atoms with Crippen LogP contribution in [0.5, 0.6) is 5.75 Å². The van der Waals surface area contributed by atoms with Crippen molar-refractivity contribution in [1.29, 1.82) is 0 Å². The van der Waals surface area contributed by atoms with Crippen LogP contribution in [0.2, 0.25) is 0 Å². The highest BCUT2D eigenvalue weighted by Crippen LogP contribution is 2.31. The van der Waals surface area contributed by atoms with E-state index in [0.717, 1.165) is 22.6 Å². The molecular formula is C15H18N2O2. The van der Waals surface area contributed by atoms with Gasteiger partial charge < -0.3 is 15.2 Å².